The summed E-state index contributed by atoms with van der Waals surface area (Å²) in [4.78, 5) is 11.4. The first-order chi connectivity index (χ1) is 7.04. The van der Waals surface area contributed by atoms with E-state index in [0.29, 0.717) is 6.07 Å². The minimum Gasteiger partial charge on any atom is -0.348 e. The fraction of sp³-hybridized carbons (Fsp3) is 0.300. The summed E-state index contributed by atoms with van der Waals surface area (Å²) in [5, 5.41) is 2.48. The number of benzene rings is 1. The molecule has 0 spiro atoms. The van der Waals surface area contributed by atoms with Gasteiger partial charge in [-0.15, -0.1) is 0 Å². The van der Waals surface area contributed by atoms with Crippen LogP contribution >= 0.6 is 0 Å². The Morgan fingerprint density at radius 1 is 1.53 bits per heavy atom. The summed E-state index contributed by atoms with van der Waals surface area (Å²) < 4.78 is 25.7. The second-order valence-electron chi connectivity index (χ2n) is 3.23. The number of carbonyl (C=O) groups excluding carboxylic acids is 1. The maximum atomic E-state index is 13.1. The van der Waals surface area contributed by atoms with Crippen LogP contribution in [0.1, 0.15) is 17.3 Å². The summed E-state index contributed by atoms with van der Waals surface area (Å²) in [6.45, 7) is 1.95. The van der Waals surface area contributed by atoms with E-state index in [1.54, 1.807) is 6.92 Å². The highest BCUT2D eigenvalue weighted by atomic mass is 19.1. The van der Waals surface area contributed by atoms with Crippen molar-refractivity contribution in [1.29, 1.82) is 0 Å². The van der Waals surface area contributed by atoms with Crippen LogP contribution in [0.2, 0.25) is 0 Å². The van der Waals surface area contributed by atoms with Crippen LogP contribution in [0.5, 0.6) is 0 Å². The van der Waals surface area contributed by atoms with Crippen LogP contribution in [0.4, 0.5) is 8.78 Å². The first kappa shape index (κ1) is 11.6. The molecule has 0 aliphatic heterocycles. The summed E-state index contributed by atoms with van der Waals surface area (Å²) in [6.07, 6.45) is 0. The van der Waals surface area contributed by atoms with Gasteiger partial charge in [-0.25, -0.2) is 8.78 Å². The fourth-order valence-electron chi connectivity index (χ4n) is 1.03. The van der Waals surface area contributed by atoms with E-state index in [2.05, 4.69) is 5.32 Å². The van der Waals surface area contributed by atoms with Crippen LogP contribution in [0.15, 0.2) is 18.2 Å². The molecular weight excluding hydrogens is 202 g/mol. The molecule has 3 N–H and O–H groups in total. The Morgan fingerprint density at radius 3 is 2.73 bits per heavy atom. The van der Waals surface area contributed by atoms with E-state index in [4.69, 9.17) is 5.73 Å². The highest BCUT2D eigenvalue weighted by Gasteiger charge is 2.13. The highest BCUT2D eigenvalue weighted by molar-refractivity contribution is 5.94. The van der Waals surface area contributed by atoms with Crippen molar-refractivity contribution in [2.45, 2.75) is 13.0 Å². The largest absolute Gasteiger partial charge is 0.348 e. The minimum atomic E-state index is -0.878. The third kappa shape index (κ3) is 2.99. The summed E-state index contributed by atoms with van der Waals surface area (Å²) in [7, 11) is 0. The SMILES string of the molecule is C[C@@H](CN)NC(=O)c1ccc(F)cc1F. The number of nitrogens with two attached hydrogens (primary N) is 1. The predicted octanol–water partition coefficient (Wildman–Crippen LogP) is 1.04. The van der Waals surface area contributed by atoms with Gasteiger partial charge < -0.3 is 11.1 Å². The van der Waals surface area contributed by atoms with Crippen LogP contribution in [-0.2, 0) is 0 Å². The first-order valence-electron chi connectivity index (χ1n) is 4.50. The number of carbonyl (C=O) groups is 1. The Hall–Kier alpha value is -1.49. The van der Waals surface area contributed by atoms with E-state index >= 15 is 0 Å². The molecule has 1 atom stereocenters. The maximum absolute atomic E-state index is 13.1. The van der Waals surface area contributed by atoms with Crippen LogP contribution < -0.4 is 11.1 Å². The highest BCUT2D eigenvalue weighted by Crippen LogP contribution is 2.09. The van der Waals surface area contributed by atoms with Gasteiger partial charge in [-0.05, 0) is 19.1 Å². The minimum absolute atomic E-state index is 0.184. The van der Waals surface area contributed by atoms with Gasteiger partial charge in [0.15, 0.2) is 0 Å². The molecule has 0 saturated carbocycles. The summed E-state index contributed by atoms with van der Waals surface area (Å²) in [6, 6.07) is 2.55. The average molecular weight is 214 g/mol. The van der Waals surface area contributed by atoms with Gasteiger partial charge in [-0.2, -0.15) is 0 Å². The molecule has 82 valence electrons. The van der Waals surface area contributed by atoms with Crippen molar-refractivity contribution < 1.29 is 13.6 Å². The van der Waals surface area contributed by atoms with Gasteiger partial charge in [0.05, 0.1) is 5.56 Å². The lowest BCUT2D eigenvalue weighted by atomic mass is 10.2. The summed E-state index contributed by atoms with van der Waals surface area (Å²) in [5.74, 6) is -2.18. The zero-order valence-electron chi connectivity index (χ0n) is 8.26. The molecule has 0 aliphatic carbocycles. The monoisotopic (exact) mass is 214 g/mol. The number of amides is 1. The standard InChI is InChI=1S/C10H12F2N2O/c1-6(5-13)14-10(15)8-3-2-7(11)4-9(8)12/h2-4,6H,5,13H2,1H3,(H,14,15)/t6-/m0/s1. The second-order valence-corrected chi connectivity index (χ2v) is 3.23. The molecule has 0 saturated heterocycles. The van der Waals surface area contributed by atoms with Crippen molar-refractivity contribution in [3.63, 3.8) is 0 Å². The lowest BCUT2D eigenvalue weighted by molar-refractivity contribution is 0.0937. The van der Waals surface area contributed by atoms with Gasteiger partial charge in [-0.3, -0.25) is 4.79 Å². The topological polar surface area (TPSA) is 55.1 Å². The molecule has 1 aromatic carbocycles. The Balaban J connectivity index is 2.82. The zero-order chi connectivity index (χ0) is 11.4. The number of hydrogen-bond donors (Lipinski definition) is 2. The number of rotatable bonds is 3. The molecule has 0 fully saturated rings. The van der Waals surface area contributed by atoms with E-state index in [0.717, 1.165) is 12.1 Å². The van der Waals surface area contributed by atoms with Gasteiger partial charge in [0.2, 0.25) is 0 Å². The molecule has 0 heterocycles. The van der Waals surface area contributed by atoms with Crippen molar-refractivity contribution in [2.75, 3.05) is 6.54 Å². The molecular formula is C10H12F2N2O. The van der Waals surface area contributed by atoms with Crippen molar-refractivity contribution >= 4 is 5.91 Å². The van der Waals surface area contributed by atoms with Gasteiger partial charge in [-0.1, -0.05) is 0 Å². The van der Waals surface area contributed by atoms with E-state index < -0.39 is 17.5 Å². The Labute approximate surface area is 86.3 Å². The first-order valence-corrected chi connectivity index (χ1v) is 4.50. The number of halogens is 2. The normalized spacial score (nSPS) is 12.3. The van der Waals surface area contributed by atoms with Crippen molar-refractivity contribution in [3.05, 3.63) is 35.4 Å². The van der Waals surface area contributed by atoms with E-state index in [9.17, 15) is 13.6 Å². The van der Waals surface area contributed by atoms with Crippen LogP contribution in [-0.4, -0.2) is 18.5 Å². The van der Waals surface area contributed by atoms with E-state index in [1.165, 1.54) is 0 Å². The number of nitrogens with one attached hydrogen (secondary N) is 1. The van der Waals surface area contributed by atoms with Crippen LogP contribution in [0, 0.1) is 11.6 Å². The molecule has 0 aliphatic rings. The summed E-state index contributed by atoms with van der Waals surface area (Å²) >= 11 is 0. The predicted molar refractivity (Wildman–Crippen MR) is 52.3 cm³/mol. The molecule has 0 unspecified atom stereocenters. The van der Waals surface area contributed by atoms with Crippen LogP contribution in [0.25, 0.3) is 0 Å². The molecule has 5 heteroatoms. The molecule has 1 rings (SSSR count). The molecule has 1 aromatic rings. The third-order valence-electron chi connectivity index (χ3n) is 1.91. The Bertz CT molecular complexity index is 368. The Kier molecular flexibility index (Phi) is 3.74. The number of hydrogen-bond acceptors (Lipinski definition) is 2. The lowest BCUT2D eigenvalue weighted by Gasteiger charge is -2.11. The van der Waals surface area contributed by atoms with Gasteiger partial charge in [0, 0.05) is 18.7 Å². The van der Waals surface area contributed by atoms with E-state index in [-0.39, 0.29) is 18.2 Å². The molecule has 0 radical (unpaired) electrons. The van der Waals surface area contributed by atoms with Gasteiger partial charge in [0.25, 0.3) is 5.91 Å². The van der Waals surface area contributed by atoms with Crippen molar-refractivity contribution in [3.8, 4) is 0 Å². The molecule has 0 aromatic heterocycles. The quantitative estimate of drug-likeness (QED) is 0.790. The van der Waals surface area contributed by atoms with Gasteiger partial charge in [0.1, 0.15) is 11.6 Å². The Morgan fingerprint density at radius 2 is 2.20 bits per heavy atom. The average Bonchev–Trinajstić information content (AvgIpc) is 2.17. The molecule has 3 nitrogen and oxygen atoms in total. The summed E-state index contributed by atoms with van der Waals surface area (Å²) in [5.41, 5.74) is 5.11. The molecule has 1 amide bonds. The van der Waals surface area contributed by atoms with Crippen LogP contribution in [0.3, 0.4) is 0 Å². The maximum Gasteiger partial charge on any atom is 0.254 e. The third-order valence-corrected chi connectivity index (χ3v) is 1.91. The molecule has 0 bridgehead atoms. The smallest absolute Gasteiger partial charge is 0.254 e. The van der Waals surface area contributed by atoms with Crippen molar-refractivity contribution in [1.82, 2.24) is 5.32 Å². The van der Waals surface area contributed by atoms with Crippen molar-refractivity contribution in [2.24, 2.45) is 5.73 Å². The molecule has 15 heavy (non-hydrogen) atoms. The van der Waals surface area contributed by atoms with Gasteiger partial charge >= 0.3 is 0 Å². The fourth-order valence-corrected chi connectivity index (χ4v) is 1.03. The zero-order valence-corrected chi connectivity index (χ0v) is 8.26. The van der Waals surface area contributed by atoms with E-state index in [1.807, 2.05) is 0 Å². The second kappa shape index (κ2) is 4.84. The lowest BCUT2D eigenvalue weighted by Crippen LogP contribution is -2.38.